The fraction of sp³-hybridized carbons (Fsp3) is 0.533. The largest absolute Gasteiger partial charge is 0.341 e. The van der Waals surface area contributed by atoms with Gasteiger partial charge in [-0.25, -0.2) is 4.98 Å². The number of fused-ring (bicyclic) bond motifs is 1. The van der Waals surface area contributed by atoms with Crippen LogP contribution in [0.5, 0.6) is 0 Å². The molecule has 3 nitrogen and oxygen atoms in total. The summed E-state index contributed by atoms with van der Waals surface area (Å²) in [6, 6.07) is 8.80. The summed E-state index contributed by atoms with van der Waals surface area (Å²) in [7, 11) is 0. The Morgan fingerprint density at radius 3 is 2.56 bits per heavy atom. The Labute approximate surface area is 109 Å². The molecule has 0 saturated carbocycles. The van der Waals surface area contributed by atoms with Gasteiger partial charge in [0.2, 0.25) is 0 Å². The van der Waals surface area contributed by atoms with Crippen molar-refractivity contribution >= 4 is 11.0 Å². The molecule has 0 spiro atoms. The SMILES string of the molecule is CCCC(CCC)NCc1nc2ccccc2[nH]1. The number of nitrogens with zero attached hydrogens (tertiary/aromatic N) is 1. The maximum absolute atomic E-state index is 4.59. The highest BCUT2D eigenvalue weighted by atomic mass is 15.0. The van der Waals surface area contributed by atoms with E-state index in [2.05, 4.69) is 35.2 Å². The second-order valence-corrected chi connectivity index (χ2v) is 4.86. The van der Waals surface area contributed by atoms with Crippen LogP contribution >= 0.6 is 0 Å². The standard InChI is InChI=1S/C15H23N3/c1-3-7-12(8-4-2)16-11-15-17-13-9-5-6-10-14(13)18-15/h5-6,9-10,12,16H,3-4,7-8,11H2,1-2H3,(H,17,18). The number of imidazole rings is 1. The number of nitrogens with one attached hydrogen (secondary N) is 2. The fourth-order valence-corrected chi connectivity index (χ4v) is 2.38. The molecule has 0 aliphatic heterocycles. The summed E-state index contributed by atoms with van der Waals surface area (Å²) in [6.45, 7) is 5.32. The Morgan fingerprint density at radius 2 is 1.89 bits per heavy atom. The average molecular weight is 245 g/mol. The van der Waals surface area contributed by atoms with Crippen molar-refractivity contribution < 1.29 is 0 Å². The summed E-state index contributed by atoms with van der Waals surface area (Å²) in [4.78, 5) is 7.95. The molecule has 1 aromatic carbocycles. The highest BCUT2D eigenvalue weighted by Gasteiger charge is 2.07. The second-order valence-electron chi connectivity index (χ2n) is 4.86. The minimum Gasteiger partial charge on any atom is -0.341 e. The number of rotatable bonds is 7. The summed E-state index contributed by atoms with van der Waals surface area (Å²) in [5.41, 5.74) is 2.17. The summed E-state index contributed by atoms with van der Waals surface area (Å²) in [5, 5.41) is 3.61. The van der Waals surface area contributed by atoms with E-state index in [1.165, 1.54) is 25.7 Å². The summed E-state index contributed by atoms with van der Waals surface area (Å²) >= 11 is 0. The number of H-pyrrole nitrogens is 1. The molecule has 0 atom stereocenters. The van der Waals surface area contributed by atoms with E-state index in [1.54, 1.807) is 0 Å². The normalized spacial score (nSPS) is 11.5. The third kappa shape index (κ3) is 3.33. The molecule has 0 fully saturated rings. The molecule has 2 N–H and O–H groups in total. The van der Waals surface area contributed by atoms with Gasteiger partial charge in [0.15, 0.2) is 0 Å². The summed E-state index contributed by atoms with van der Waals surface area (Å²) < 4.78 is 0. The van der Waals surface area contributed by atoms with Gasteiger partial charge in [-0.15, -0.1) is 0 Å². The molecular formula is C15H23N3. The molecular weight excluding hydrogens is 222 g/mol. The molecule has 0 bridgehead atoms. The minimum absolute atomic E-state index is 0.619. The van der Waals surface area contributed by atoms with Gasteiger partial charge < -0.3 is 10.3 Å². The van der Waals surface area contributed by atoms with Crippen molar-refractivity contribution in [3.05, 3.63) is 30.1 Å². The van der Waals surface area contributed by atoms with Gasteiger partial charge in [0.05, 0.1) is 17.6 Å². The van der Waals surface area contributed by atoms with Crippen LogP contribution in [0.2, 0.25) is 0 Å². The van der Waals surface area contributed by atoms with E-state index in [4.69, 9.17) is 0 Å². The van der Waals surface area contributed by atoms with E-state index in [-0.39, 0.29) is 0 Å². The van der Waals surface area contributed by atoms with Crippen molar-refractivity contribution in [2.45, 2.75) is 52.1 Å². The molecule has 1 heterocycles. The van der Waals surface area contributed by atoms with E-state index < -0.39 is 0 Å². The zero-order valence-electron chi connectivity index (χ0n) is 11.4. The Morgan fingerprint density at radius 1 is 1.17 bits per heavy atom. The van der Waals surface area contributed by atoms with Gasteiger partial charge in [0.1, 0.15) is 5.82 Å². The van der Waals surface area contributed by atoms with Crippen molar-refractivity contribution in [1.29, 1.82) is 0 Å². The molecule has 18 heavy (non-hydrogen) atoms. The first-order chi connectivity index (χ1) is 8.83. The zero-order chi connectivity index (χ0) is 12.8. The van der Waals surface area contributed by atoms with Crippen LogP contribution in [0, 0.1) is 0 Å². The monoisotopic (exact) mass is 245 g/mol. The van der Waals surface area contributed by atoms with Crippen molar-refractivity contribution in [3.63, 3.8) is 0 Å². The maximum atomic E-state index is 4.59. The highest BCUT2D eigenvalue weighted by Crippen LogP contribution is 2.11. The number of hydrogen-bond acceptors (Lipinski definition) is 2. The maximum Gasteiger partial charge on any atom is 0.121 e. The van der Waals surface area contributed by atoms with Crippen LogP contribution in [-0.4, -0.2) is 16.0 Å². The first-order valence-corrected chi connectivity index (χ1v) is 7.00. The van der Waals surface area contributed by atoms with Crippen molar-refractivity contribution in [2.75, 3.05) is 0 Å². The first kappa shape index (κ1) is 13.1. The Bertz CT molecular complexity index is 436. The van der Waals surface area contributed by atoms with Gasteiger partial charge in [-0.1, -0.05) is 38.8 Å². The van der Waals surface area contributed by atoms with E-state index >= 15 is 0 Å². The summed E-state index contributed by atoms with van der Waals surface area (Å²) in [5.74, 6) is 1.04. The van der Waals surface area contributed by atoms with Gasteiger partial charge in [-0.3, -0.25) is 0 Å². The predicted octanol–water partition coefficient (Wildman–Crippen LogP) is 3.62. The van der Waals surface area contributed by atoms with Gasteiger partial charge in [0, 0.05) is 6.04 Å². The third-order valence-corrected chi connectivity index (χ3v) is 3.27. The van der Waals surface area contributed by atoms with Gasteiger partial charge >= 0.3 is 0 Å². The molecule has 0 aliphatic carbocycles. The lowest BCUT2D eigenvalue weighted by atomic mass is 10.1. The lowest BCUT2D eigenvalue weighted by Gasteiger charge is -2.16. The predicted molar refractivity (Wildman–Crippen MR) is 76.5 cm³/mol. The molecule has 0 radical (unpaired) electrons. The highest BCUT2D eigenvalue weighted by molar-refractivity contribution is 5.74. The Hall–Kier alpha value is -1.35. The lowest BCUT2D eigenvalue weighted by Crippen LogP contribution is -2.28. The molecule has 1 aromatic heterocycles. The van der Waals surface area contributed by atoms with Gasteiger partial charge in [0.25, 0.3) is 0 Å². The van der Waals surface area contributed by atoms with Gasteiger partial charge in [-0.05, 0) is 25.0 Å². The number of hydrogen-bond donors (Lipinski definition) is 2. The van der Waals surface area contributed by atoms with Crippen LogP contribution < -0.4 is 5.32 Å². The fourth-order valence-electron chi connectivity index (χ4n) is 2.38. The number of aromatic amines is 1. The van der Waals surface area contributed by atoms with E-state index in [0.29, 0.717) is 6.04 Å². The van der Waals surface area contributed by atoms with E-state index in [0.717, 1.165) is 23.4 Å². The molecule has 2 rings (SSSR count). The van der Waals surface area contributed by atoms with Crippen LogP contribution in [0.25, 0.3) is 11.0 Å². The molecule has 3 heteroatoms. The minimum atomic E-state index is 0.619. The van der Waals surface area contributed by atoms with Crippen molar-refractivity contribution in [1.82, 2.24) is 15.3 Å². The molecule has 0 aliphatic rings. The van der Waals surface area contributed by atoms with Crippen LogP contribution in [0.15, 0.2) is 24.3 Å². The zero-order valence-corrected chi connectivity index (χ0v) is 11.4. The van der Waals surface area contributed by atoms with Crippen molar-refractivity contribution in [2.24, 2.45) is 0 Å². The van der Waals surface area contributed by atoms with E-state index in [1.807, 2.05) is 18.2 Å². The van der Waals surface area contributed by atoms with Crippen molar-refractivity contribution in [3.8, 4) is 0 Å². The van der Waals surface area contributed by atoms with E-state index in [9.17, 15) is 0 Å². The Balaban J connectivity index is 1.95. The quantitative estimate of drug-likeness (QED) is 0.782. The van der Waals surface area contributed by atoms with Crippen LogP contribution in [0.4, 0.5) is 0 Å². The number of aromatic nitrogens is 2. The van der Waals surface area contributed by atoms with Crippen LogP contribution in [0.3, 0.4) is 0 Å². The lowest BCUT2D eigenvalue weighted by molar-refractivity contribution is 0.438. The first-order valence-electron chi connectivity index (χ1n) is 7.00. The molecule has 2 aromatic rings. The molecule has 0 amide bonds. The van der Waals surface area contributed by atoms with Crippen LogP contribution in [-0.2, 0) is 6.54 Å². The second kappa shape index (κ2) is 6.55. The smallest absolute Gasteiger partial charge is 0.121 e. The molecule has 0 unspecified atom stereocenters. The number of para-hydroxylation sites is 2. The molecule has 98 valence electrons. The summed E-state index contributed by atoms with van der Waals surface area (Å²) in [6.07, 6.45) is 4.96. The number of benzene rings is 1. The molecule has 0 saturated heterocycles. The third-order valence-electron chi connectivity index (χ3n) is 3.27. The Kier molecular flexibility index (Phi) is 4.76. The van der Waals surface area contributed by atoms with Crippen LogP contribution in [0.1, 0.15) is 45.4 Å². The topological polar surface area (TPSA) is 40.7 Å². The average Bonchev–Trinajstić information content (AvgIpc) is 2.79. The van der Waals surface area contributed by atoms with Gasteiger partial charge in [-0.2, -0.15) is 0 Å².